The number of carbonyl (C=O) groups excluding carboxylic acids is 2. The van der Waals surface area contributed by atoms with E-state index in [-0.39, 0.29) is 23.8 Å². The quantitative estimate of drug-likeness (QED) is 0.128. The average molecular weight is 786 g/mol. The lowest BCUT2D eigenvalue weighted by molar-refractivity contribution is -0.140. The first-order valence-electron chi connectivity index (χ1n) is 15.3. The van der Waals surface area contributed by atoms with Crippen molar-refractivity contribution in [2.45, 2.75) is 50.6 Å². The van der Waals surface area contributed by atoms with Crippen molar-refractivity contribution in [2.24, 2.45) is 0 Å². The fraction of sp³-hybridized carbons (Fsp3) is 0.278. The first-order valence-corrected chi connectivity index (χ1v) is 18.3. The summed E-state index contributed by atoms with van der Waals surface area (Å²) in [5.74, 6) is -0.340. The molecule has 2 amide bonds. The Hall–Kier alpha value is -3.67. The molecule has 47 heavy (non-hydrogen) atoms. The van der Waals surface area contributed by atoms with Crippen LogP contribution in [0.1, 0.15) is 36.5 Å². The highest BCUT2D eigenvalue weighted by molar-refractivity contribution is 9.10. The molecule has 1 N–H and O–H groups in total. The highest BCUT2D eigenvalue weighted by atomic mass is 79.9. The second kappa shape index (κ2) is 16.9. The molecule has 0 spiro atoms. The molecule has 0 aliphatic heterocycles. The van der Waals surface area contributed by atoms with Crippen molar-refractivity contribution in [3.05, 3.63) is 123 Å². The molecule has 0 bridgehead atoms. The second-order valence-corrected chi connectivity index (χ2v) is 14.8. The molecule has 0 saturated heterocycles. The van der Waals surface area contributed by atoms with E-state index in [2.05, 4.69) is 37.2 Å². The van der Waals surface area contributed by atoms with Gasteiger partial charge in [0, 0.05) is 24.0 Å². The molecular weight excluding hydrogens is 746 g/mol. The lowest BCUT2D eigenvalue weighted by Gasteiger charge is -2.34. The van der Waals surface area contributed by atoms with E-state index in [1.165, 1.54) is 24.1 Å². The van der Waals surface area contributed by atoms with Gasteiger partial charge in [0.05, 0.1) is 22.2 Å². The van der Waals surface area contributed by atoms with E-state index >= 15 is 0 Å². The minimum Gasteiger partial charge on any atom is -0.496 e. The molecule has 8 nitrogen and oxygen atoms in total. The standard InChI is InChI=1S/C36H39Br2N3O5S/c1-4-5-21-39-36(43)33(22-27-9-7-6-8-10-27)40(24-28-13-15-29(37)16-14-28)35(42)25-41(30-17-11-26(2)12-18-30)47(44,45)31-19-20-34(46-3)32(38)23-31/h6-20,23,33H,4-5,21-22,24-25H2,1-3H3,(H,39,43)/t33-/m0/s1. The molecular formula is C36H39Br2N3O5S. The van der Waals surface area contributed by atoms with Crippen LogP contribution in [0.2, 0.25) is 0 Å². The van der Waals surface area contributed by atoms with Crippen molar-refractivity contribution >= 4 is 59.4 Å². The largest absolute Gasteiger partial charge is 0.496 e. The number of ether oxygens (including phenoxy) is 1. The summed E-state index contributed by atoms with van der Waals surface area (Å²) in [6, 6.07) is 27.5. The molecule has 248 valence electrons. The first-order chi connectivity index (χ1) is 22.5. The SMILES string of the molecule is CCCCNC(=O)[C@H](Cc1ccccc1)N(Cc1ccc(Br)cc1)C(=O)CN(c1ccc(C)cc1)S(=O)(=O)c1ccc(OC)c(Br)c1. The molecule has 0 fully saturated rings. The molecule has 1 atom stereocenters. The second-order valence-electron chi connectivity index (χ2n) is 11.1. The summed E-state index contributed by atoms with van der Waals surface area (Å²) in [4.78, 5) is 29.9. The average Bonchev–Trinajstić information content (AvgIpc) is 3.07. The fourth-order valence-electron chi connectivity index (χ4n) is 5.02. The predicted molar refractivity (Wildman–Crippen MR) is 193 cm³/mol. The molecule has 4 aromatic carbocycles. The minimum atomic E-state index is -4.25. The lowest BCUT2D eigenvalue weighted by atomic mass is 10.0. The number of methoxy groups -OCH3 is 1. The van der Waals surface area contributed by atoms with Crippen LogP contribution in [0.15, 0.2) is 111 Å². The van der Waals surface area contributed by atoms with Gasteiger partial charge >= 0.3 is 0 Å². The molecule has 0 radical (unpaired) electrons. The lowest BCUT2D eigenvalue weighted by Crippen LogP contribution is -2.53. The van der Waals surface area contributed by atoms with E-state index in [1.54, 1.807) is 30.3 Å². The summed E-state index contributed by atoms with van der Waals surface area (Å²) in [7, 11) is -2.75. The first kappa shape index (κ1) is 36.2. The van der Waals surface area contributed by atoms with Gasteiger partial charge < -0.3 is 15.0 Å². The number of rotatable bonds is 15. The topological polar surface area (TPSA) is 96.0 Å². The van der Waals surface area contributed by atoms with Crippen LogP contribution in [-0.2, 0) is 32.6 Å². The summed E-state index contributed by atoms with van der Waals surface area (Å²) in [5.41, 5.74) is 2.94. The molecule has 0 saturated carbocycles. The number of sulfonamides is 1. The third-order valence-electron chi connectivity index (χ3n) is 7.68. The Morgan fingerprint density at radius 1 is 0.894 bits per heavy atom. The number of halogens is 2. The van der Waals surface area contributed by atoms with E-state index in [9.17, 15) is 18.0 Å². The van der Waals surface area contributed by atoms with E-state index in [0.717, 1.165) is 38.3 Å². The summed E-state index contributed by atoms with van der Waals surface area (Å²) >= 11 is 6.86. The maximum Gasteiger partial charge on any atom is 0.264 e. The van der Waals surface area contributed by atoms with E-state index in [1.807, 2.05) is 68.4 Å². The van der Waals surface area contributed by atoms with Gasteiger partial charge in [0.2, 0.25) is 11.8 Å². The van der Waals surface area contributed by atoms with Crippen LogP contribution in [0.3, 0.4) is 0 Å². The maximum atomic E-state index is 14.6. The van der Waals surface area contributed by atoms with Crippen molar-refractivity contribution in [1.29, 1.82) is 0 Å². The molecule has 11 heteroatoms. The van der Waals surface area contributed by atoms with Gasteiger partial charge in [0.25, 0.3) is 10.0 Å². The van der Waals surface area contributed by atoms with Gasteiger partial charge in [0.1, 0.15) is 18.3 Å². The van der Waals surface area contributed by atoms with Crippen LogP contribution in [0.4, 0.5) is 5.69 Å². The van der Waals surface area contributed by atoms with E-state index < -0.39 is 28.5 Å². The van der Waals surface area contributed by atoms with Crippen LogP contribution >= 0.6 is 31.9 Å². The monoisotopic (exact) mass is 783 g/mol. The van der Waals surface area contributed by atoms with Crippen molar-refractivity contribution in [1.82, 2.24) is 10.2 Å². The molecule has 0 aromatic heterocycles. The maximum absolute atomic E-state index is 14.6. The Kier molecular flexibility index (Phi) is 13.0. The Labute approximate surface area is 294 Å². The normalized spacial score (nSPS) is 11.9. The number of hydrogen-bond acceptors (Lipinski definition) is 5. The van der Waals surface area contributed by atoms with E-state index in [4.69, 9.17) is 4.74 Å². The molecule has 0 aliphatic rings. The van der Waals surface area contributed by atoms with Crippen LogP contribution in [0.25, 0.3) is 0 Å². The molecule has 4 rings (SSSR count). The Morgan fingerprint density at radius 2 is 1.57 bits per heavy atom. The smallest absolute Gasteiger partial charge is 0.264 e. The van der Waals surface area contributed by atoms with Gasteiger partial charge in [-0.25, -0.2) is 8.42 Å². The summed E-state index contributed by atoms with van der Waals surface area (Å²) in [6.45, 7) is 3.98. The Morgan fingerprint density at radius 3 is 2.19 bits per heavy atom. The van der Waals surface area contributed by atoms with E-state index in [0.29, 0.717) is 22.5 Å². The van der Waals surface area contributed by atoms with Gasteiger partial charge in [-0.1, -0.05) is 89.4 Å². The zero-order valence-electron chi connectivity index (χ0n) is 26.7. The van der Waals surface area contributed by atoms with Gasteiger partial charge in [0.15, 0.2) is 0 Å². The van der Waals surface area contributed by atoms with Gasteiger partial charge in [-0.3, -0.25) is 13.9 Å². The number of unbranched alkanes of at least 4 members (excludes halogenated alkanes) is 1. The zero-order valence-corrected chi connectivity index (χ0v) is 30.6. The third kappa shape index (κ3) is 9.68. The zero-order chi connectivity index (χ0) is 34.0. The fourth-order valence-corrected chi connectivity index (χ4v) is 7.42. The number of nitrogens with one attached hydrogen (secondary N) is 1. The Balaban J connectivity index is 1.79. The molecule has 0 heterocycles. The molecule has 4 aromatic rings. The number of benzene rings is 4. The van der Waals surface area contributed by atoms with Gasteiger partial charge in [-0.2, -0.15) is 0 Å². The highest BCUT2D eigenvalue weighted by Crippen LogP contribution is 2.31. The number of nitrogens with zero attached hydrogens (tertiary/aromatic N) is 2. The van der Waals surface area contributed by atoms with Gasteiger partial charge in [-0.05, 0) is 82.9 Å². The number of amides is 2. The number of aryl methyl sites for hydroxylation is 1. The van der Waals surface area contributed by atoms with Crippen LogP contribution in [-0.4, -0.2) is 51.4 Å². The van der Waals surface area contributed by atoms with Crippen molar-refractivity contribution in [2.75, 3.05) is 24.5 Å². The van der Waals surface area contributed by atoms with Gasteiger partial charge in [-0.15, -0.1) is 0 Å². The van der Waals surface area contributed by atoms with Crippen LogP contribution in [0.5, 0.6) is 5.75 Å². The highest BCUT2D eigenvalue weighted by Gasteiger charge is 2.34. The third-order valence-corrected chi connectivity index (χ3v) is 10.6. The summed E-state index contributed by atoms with van der Waals surface area (Å²) < 4.78 is 36.3. The Bertz CT molecular complexity index is 1750. The molecule has 0 aliphatic carbocycles. The summed E-state index contributed by atoms with van der Waals surface area (Å²) in [6.07, 6.45) is 1.95. The number of hydrogen-bond donors (Lipinski definition) is 1. The number of anilines is 1. The van der Waals surface area contributed by atoms with Crippen molar-refractivity contribution in [3.8, 4) is 5.75 Å². The number of carbonyl (C=O) groups is 2. The van der Waals surface area contributed by atoms with Crippen molar-refractivity contribution in [3.63, 3.8) is 0 Å². The van der Waals surface area contributed by atoms with Crippen molar-refractivity contribution < 1.29 is 22.7 Å². The predicted octanol–water partition coefficient (Wildman–Crippen LogP) is 7.28. The van der Waals surface area contributed by atoms with Crippen LogP contribution in [0, 0.1) is 6.92 Å². The van der Waals surface area contributed by atoms with Crippen LogP contribution < -0.4 is 14.4 Å². The summed E-state index contributed by atoms with van der Waals surface area (Å²) in [5, 5.41) is 3.01. The minimum absolute atomic E-state index is 0.0175. The molecule has 0 unspecified atom stereocenters.